The molecule has 0 amide bonds. The van der Waals surface area contributed by atoms with Crippen molar-refractivity contribution in [1.82, 2.24) is 4.83 Å². The van der Waals surface area contributed by atoms with Crippen molar-refractivity contribution < 1.29 is 8.42 Å². The third-order valence-electron chi connectivity index (χ3n) is 1.88. The van der Waals surface area contributed by atoms with Crippen LogP contribution in [-0.4, -0.2) is 14.2 Å². The smallest absolute Gasteiger partial charge is 0.227 e. The van der Waals surface area contributed by atoms with E-state index in [1.165, 1.54) is 5.56 Å². The Morgan fingerprint density at radius 2 is 1.93 bits per heavy atom. The fraction of sp³-hybridized carbons (Fsp3) is 0.200. The summed E-state index contributed by atoms with van der Waals surface area (Å²) in [7, 11) is -3.36. The van der Waals surface area contributed by atoms with E-state index in [-0.39, 0.29) is 5.75 Å². The molecule has 0 radical (unpaired) electrons. The Morgan fingerprint density at radius 3 is 2.47 bits per heavy atom. The van der Waals surface area contributed by atoms with Gasteiger partial charge in [-0.3, -0.25) is 5.84 Å². The summed E-state index contributed by atoms with van der Waals surface area (Å²) in [5.41, 5.74) is 2.14. The van der Waals surface area contributed by atoms with Gasteiger partial charge < -0.3 is 0 Å². The van der Waals surface area contributed by atoms with Crippen LogP contribution in [-0.2, 0) is 10.0 Å². The molecule has 0 saturated heterocycles. The molecule has 0 unspecified atom stereocenters. The average Bonchev–Trinajstić information content (AvgIpc) is 2.21. The third-order valence-corrected chi connectivity index (χ3v) is 2.87. The van der Waals surface area contributed by atoms with E-state index >= 15 is 0 Å². The molecule has 0 bridgehead atoms. The van der Waals surface area contributed by atoms with Gasteiger partial charge >= 0.3 is 0 Å². The molecule has 1 rings (SSSR count). The topological polar surface area (TPSA) is 72.2 Å². The number of rotatable bonds is 4. The molecule has 0 fully saturated rings. The Bertz CT molecular complexity index is 435. The predicted octanol–water partition coefficient (Wildman–Crippen LogP) is 0.801. The molecule has 0 atom stereocenters. The highest BCUT2D eigenvalue weighted by Crippen LogP contribution is 2.04. The van der Waals surface area contributed by atoms with Crippen molar-refractivity contribution >= 4 is 16.1 Å². The Morgan fingerprint density at radius 1 is 1.33 bits per heavy atom. The minimum Gasteiger partial charge on any atom is -0.258 e. The van der Waals surface area contributed by atoms with Gasteiger partial charge in [0.15, 0.2) is 0 Å². The van der Waals surface area contributed by atoms with Crippen molar-refractivity contribution in [2.24, 2.45) is 5.84 Å². The first-order chi connectivity index (χ1) is 7.03. The van der Waals surface area contributed by atoms with Gasteiger partial charge in [-0.25, -0.2) is 8.42 Å². The van der Waals surface area contributed by atoms with Crippen LogP contribution in [0, 0.1) is 6.92 Å². The minimum absolute atomic E-state index is 0.114. The van der Waals surface area contributed by atoms with E-state index in [0.29, 0.717) is 0 Å². The number of hydrogen-bond acceptors (Lipinski definition) is 3. The lowest BCUT2D eigenvalue weighted by Crippen LogP contribution is -2.31. The van der Waals surface area contributed by atoms with Crippen molar-refractivity contribution in [3.8, 4) is 0 Å². The van der Waals surface area contributed by atoms with E-state index in [0.717, 1.165) is 5.56 Å². The van der Waals surface area contributed by atoms with Crippen molar-refractivity contribution in [2.75, 3.05) is 5.75 Å². The summed E-state index contributed by atoms with van der Waals surface area (Å²) in [5, 5.41) is 0. The number of sulfonamides is 1. The van der Waals surface area contributed by atoms with Gasteiger partial charge in [-0.15, -0.1) is 0 Å². The number of hydrogen-bond donors (Lipinski definition) is 2. The standard InChI is InChI=1S/C10H14N2O2S/c1-9-4-6-10(7-5-9)3-2-8-15(13,14)12-11/h2-7,12H,8,11H2,1H3. The summed E-state index contributed by atoms with van der Waals surface area (Å²) in [6, 6.07) is 7.79. The van der Waals surface area contributed by atoms with Crippen LogP contribution in [0.25, 0.3) is 6.08 Å². The Hall–Kier alpha value is -1.17. The number of aryl methyl sites for hydroxylation is 1. The average molecular weight is 226 g/mol. The lowest BCUT2D eigenvalue weighted by atomic mass is 10.1. The maximum absolute atomic E-state index is 11.0. The van der Waals surface area contributed by atoms with Crippen LogP contribution in [0.2, 0.25) is 0 Å². The van der Waals surface area contributed by atoms with Crippen LogP contribution >= 0.6 is 0 Å². The van der Waals surface area contributed by atoms with Crippen LogP contribution < -0.4 is 10.7 Å². The summed E-state index contributed by atoms with van der Waals surface area (Å²) in [5.74, 6) is 4.72. The molecule has 0 heterocycles. The second-order valence-corrected chi connectivity index (χ2v) is 5.01. The van der Waals surface area contributed by atoms with E-state index in [4.69, 9.17) is 5.84 Å². The van der Waals surface area contributed by atoms with Gasteiger partial charge in [-0.2, -0.15) is 4.83 Å². The monoisotopic (exact) mass is 226 g/mol. The van der Waals surface area contributed by atoms with E-state index in [2.05, 4.69) is 0 Å². The highest BCUT2D eigenvalue weighted by Gasteiger charge is 2.02. The maximum Gasteiger partial charge on any atom is 0.227 e. The first-order valence-corrected chi connectivity index (χ1v) is 6.12. The predicted molar refractivity (Wildman–Crippen MR) is 61.3 cm³/mol. The summed E-state index contributed by atoms with van der Waals surface area (Å²) >= 11 is 0. The van der Waals surface area contributed by atoms with E-state index < -0.39 is 10.0 Å². The third kappa shape index (κ3) is 4.24. The lowest BCUT2D eigenvalue weighted by molar-refractivity contribution is 0.587. The zero-order valence-corrected chi connectivity index (χ0v) is 9.29. The number of hydrazine groups is 1. The van der Waals surface area contributed by atoms with Crippen molar-refractivity contribution in [1.29, 1.82) is 0 Å². The van der Waals surface area contributed by atoms with Gasteiger partial charge in [-0.05, 0) is 12.5 Å². The molecule has 82 valence electrons. The molecule has 3 N–H and O–H groups in total. The van der Waals surface area contributed by atoms with E-state index in [9.17, 15) is 8.42 Å². The van der Waals surface area contributed by atoms with Gasteiger partial charge in [0.1, 0.15) is 0 Å². The number of nitrogens with one attached hydrogen (secondary N) is 1. The zero-order valence-electron chi connectivity index (χ0n) is 8.47. The van der Waals surface area contributed by atoms with Crippen LogP contribution in [0.15, 0.2) is 30.3 Å². The molecule has 0 saturated carbocycles. The Kier molecular flexibility index (Phi) is 4.02. The molecule has 0 aromatic heterocycles. The quantitative estimate of drug-likeness (QED) is 0.589. The second-order valence-electron chi connectivity index (χ2n) is 3.21. The SMILES string of the molecule is Cc1ccc(C=CCS(=O)(=O)NN)cc1. The van der Waals surface area contributed by atoms with Gasteiger partial charge in [0.25, 0.3) is 0 Å². The van der Waals surface area contributed by atoms with E-state index in [1.54, 1.807) is 17.0 Å². The molecule has 15 heavy (non-hydrogen) atoms. The van der Waals surface area contributed by atoms with Crippen LogP contribution in [0.4, 0.5) is 0 Å². The van der Waals surface area contributed by atoms with Gasteiger partial charge in [0.05, 0.1) is 5.75 Å². The summed E-state index contributed by atoms with van der Waals surface area (Å²) in [6.07, 6.45) is 3.30. The van der Waals surface area contributed by atoms with Gasteiger partial charge in [0, 0.05) is 0 Å². The van der Waals surface area contributed by atoms with E-state index in [1.807, 2.05) is 31.2 Å². The second kappa shape index (κ2) is 5.06. The lowest BCUT2D eigenvalue weighted by Gasteiger charge is -1.97. The fourth-order valence-electron chi connectivity index (χ4n) is 1.04. The summed E-state index contributed by atoms with van der Waals surface area (Å²) in [4.78, 5) is 1.76. The van der Waals surface area contributed by atoms with Crippen molar-refractivity contribution in [3.63, 3.8) is 0 Å². The first kappa shape index (κ1) is 11.9. The number of nitrogens with two attached hydrogens (primary N) is 1. The molecule has 0 aliphatic rings. The van der Waals surface area contributed by atoms with Crippen LogP contribution in [0.5, 0.6) is 0 Å². The normalized spacial score (nSPS) is 12.1. The fourth-order valence-corrected chi connectivity index (χ4v) is 1.48. The maximum atomic E-state index is 11.0. The van der Waals surface area contributed by atoms with Gasteiger partial charge in [0.2, 0.25) is 10.0 Å². The highest BCUT2D eigenvalue weighted by molar-refractivity contribution is 7.89. The molecule has 0 aliphatic heterocycles. The van der Waals surface area contributed by atoms with Crippen molar-refractivity contribution in [3.05, 3.63) is 41.5 Å². The van der Waals surface area contributed by atoms with Crippen LogP contribution in [0.1, 0.15) is 11.1 Å². The number of benzene rings is 1. The molecule has 1 aromatic rings. The molecule has 4 nitrogen and oxygen atoms in total. The van der Waals surface area contributed by atoms with Crippen molar-refractivity contribution in [2.45, 2.75) is 6.92 Å². The first-order valence-electron chi connectivity index (χ1n) is 4.47. The molecular weight excluding hydrogens is 212 g/mol. The van der Waals surface area contributed by atoms with Gasteiger partial charge in [-0.1, -0.05) is 42.0 Å². The minimum atomic E-state index is -3.36. The Labute approximate surface area is 89.8 Å². The van der Waals surface area contributed by atoms with Crippen LogP contribution in [0.3, 0.4) is 0 Å². The zero-order chi connectivity index (χ0) is 11.3. The molecular formula is C10H14N2O2S. The Balaban J connectivity index is 2.63. The largest absolute Gasteiger partial charge is 0.258 e. The highest BCUT2D eigenvalue weighted by atomic mass is 32.2. The summed E-state index contributed by atoms with van der Waals surface area (Å²) in [6.45, 7) is 2.00. The molecule has 5 heteroatoms. The molecule has 1 aromatic carbocycles. The molecule has 0 spiro atoms. The summed E-state index contributed by atoms with van der Waals surface area (Å²) < 4.78 is 21.9. The molecule has 0 aliphatic carbocycles.